The lowest BCUT2D eigenvalue weighted by Gasteiger charge is -2.36. The van der Waals surface area contributed by atoms with E-state index in [0.717, 1.165) is 16.1 Å². The third kappa shape index (κ3) is 4.36. The number of hydrogen-bond donors (Lipinski definition) is 0. The summed E-state index contributed by atoms with van der Waals surface area (Å²) in [6, 6.07) is 15.2. The summed E-state index contributed by atoms with van der Waals surface area (Å²) in [6.07, 6.45) is 0. The summed E-state index contributed by atoms with van der Waals surface area (Å²) in [6.45, 7) is 2.14. The first kappa shape index (κ1) is 20.5. The summed E-state index contributed by atoms with van der Waals surface area (Å²) in [7, 11) is 0. The summed E-state index contributed by atoms with van der Waals surface area (Å²) in [5, 5.41) is 12.8. The number of benzene rings is 2. The van der Waals surface area contributed by atoms with Crippen LogP contribution in [-0.2, 0) is 0 Å². The highest BCUT2D eigenvalue weighted by Crippen LogP contribution is 2.26. The zero-order valence-corrected chi connectivity index (χ0v) is 17.5. The van der Waals surface area contributed by atoms with E-state index in [-0.39, 0.29) is 11.7 Å². The van der Waals surface area contributed by atoms with E-state index in [1.54, 1.807) is 34.5 Å². The van der Waals surface area contributed by atoms with Gasteiger partial charge in [0.1, 0.15) is 22.6 Å². The number of amides is 1. The van der Waals surface area contributed by atoms with Crippen LogP contribution < -0.4 is 0 Å². The molecule has 8 heteroatoms. The van der Waals surface area contributed by atoms with Crippen molar-refractivity contribution in [2.45, 2.75) is 6.04 Å². The smallest absolute Gasteiger partial charge is 0.273 e. The van der Waals surface area contributed by atoms with E-state index in [1.807, 2.05) is 17.0 Å². The lowest BCUT2D eigenvalue weighted by molar-refractivity contribution is 0.0601. The summed E-state index contributed by atoms with van der Waals surface area (Å²) in [5.41, 5.74) is 2.10. The number of halogens is 2. The van der Waals surface area contributed by atoms with E-state index in [2.05, 4.69) is 11.1 Å². The molecule has 0 N–H and O–H groups in total. The van der Waals surface area contributed by atoms with Gasteiger partial charge in [-0.25, -0.2) is 9.37 Å². The Morgan fingerprint density at radius 3 is 2.40 bits per heavy atom. The Morgan fingerprint density at radius 1 is 1.10 bits per heavy atom. The van der Waals surface area contributed by atoms with Gasteiger partial charge < -0.3 is 4.90 Å². The Bertz CT molecular complexity index is 1070. The van der Waals surface area contributed by atoms with Crippen LogP contribution in [0.4, 0.5) is 4.39 Å². The van der Waals surface area contributed by atoms with Crippen LogP contribution in [0.2, 0.25) is 5.02 Å². The molecule has 0 spiro atoms. The van der Waals surface area contributed by atoms with Crippen LogP contribution in [0.15, 0.2) is 53.9 Å². The monoisotopic (exact) mass is 440 g/mol. The predicted octanol–water partition coefficient (Wildman–Crippen LogP) is 4.63. The SMILES string of the molecule is N#CC(c1ccc(F)cc1)N1CCN(C(=O)c2csc(-c3ccc(Cl)cc3)n2)CC1. The number of hydrogen-bond acceptors (Lipinski definition) is 5. The second-order valence-corrected chi connectivity index (χ2v) is 8.25. The topological polar surface area (TPSA) is 60.2 Å². The highest BCUT2D eigenvalue weighted by atomic mass is 35.5. The highest BCUT2D eigenvalue weighted by Gasteiger charge is 2.28. The van der Waals surface area contributed by atoms with E-state index in [1.165, 1.54) is 23.5 Å². The number of thiazole rings is 1. The van der Waals surface area contributed by atoms with Gasteiger partial charge in [0, 0.05) is 42.1 Å². The van der Waals surface area contributed by atoms with E-state index < -0.39 is 6.04 Å². The number of nitriles is 1. The molecule has 1 aromatic heterocycles. The van der Waals surface area contributed by atoms with Gasteiger partial charge in [-0.15, -0.1) is 11.3 Å². The average Bonchev–Trinajstić information content (AvgIpc) is 3.26. The molecule has 1 aliphatic heterocycles. The zero-order valence-electron chi connectivity index (χ0n) is 16.0. The number of piperazine rings is 1. The maximum absolute atomic E-state index is 13.2. The van der Waals surface area contributed by atoms with Crippen molar-refractivity contribution in [2.24, 2.45) is 0 Å². The van der Waals surface area contributed by atoms with Gasteiger partial charge in [0.25, 0.3) is 5.91 Å². The maximum atomic E-state index is 13.2. The zero-order chi connectivity index (χ0) is 21.1. The van der Waals surface area contributed by atoms with Crippen molar-refractivity contribution in [3.05, 3.63) is 76.0 Å². The minimum atomic E-state index is -0.460. The molecule has 1 aliphatic rings. The van der Waals surface area contributed by atoms with E-state index in [0.29, 0.717) is 36.9 Å². The molecule has 5 nitrogen and oxygen atoms in total. The van der Waals surface area contributed by atoms with Crippen molar-refractivity contribution in [3.63, 3.8) is 0 Å². The van der Waals surface area contributed by atoms with Crippen LogP contribution in [0.1, 0.15) is 22.1 Å². The molecule has 0 saturated carbocycles. The minimum Gasteiger partial charge on any atom is -0.335 e. The first-order valence-corrected chi connectivity index (χ1v) is 10.7. The van der Waals surface area contributed by atoms with E-state index >= 15 is 0 Å². The fraction of sp³-hybridized carbons (Fsp3) is 0.227. The van der Waals surface area contributed by atoms with Crippen molar-refractivity contribution < 1.29 is 9.18 Å². The molecule has 3 aromatic rings. The molecule has 152 valence electrons. The molecule has 30 heavy (non-hydrogen) atoms. The number of aromatic nitrogens is 1. The Kier molecular flexibility index (Phi) is 6.09. The van der Waals surface area contributed by atoms with Gasteiger partial charge >= 0.3 is 0 Å². The van der Waals surface area contributed by atoms with Gasteiger partial charge in [0.15, 0.2) is 0 Å². The van der Waals surface area contributed by atoms with Crippen LogP contribution in [0.25, 0.3) is 10.6 Å². The number of carbonyl (C=O) groups excluding carboxylic acids is 1. The largest absolute Gasteiger partial charge is 0.335 e. The molecule has 1 saturated heterocycles. The predicted molar refractivity (Wildman–Crippen MR) is 115 cm³/mol. The highest BCUT2D eigenvalue weighted by molar-refractivity contribution is 7.13. The summed E-state index contributed by atoms with van der Waals surface area (Å²) < 4.78 is 13.2. The third-order valence-electron chi connectivity index (χ3n) is 5.09. The lowest BCUT2D eigenvalue weighted by atomic mass is 10.1. The third-order valence-corrected chi connectivity index (χ3v) is 6.23. The molecule has 1 fully saturated rings. The van der Waals surface area contributed by atoms with Gasteiger partial charge in [0.2, 0.25) is 0 Å². The van der Waals surface area contributed by atoms with E-state index in [9.17, 15) is 14.4 Å². The molecule has 0 aliphatic carbocycles. The molecule has 4 rings (SSSR count). The maximum Gasteiger partial charge on any atom is 0.273 e. The molecule has 1 atom stereocenters. The molecule has 2 aromatic carbocycles. The normalized spacial score (nSPS) is 15.6. The average molecular weight is 441 g/mol. The number of rotatable bonds is 4. The fourth-order valence-electron chi connectivity index (χ4n) is 3.45. The minimum absolute atomic E-state index is 0.110. The van der Waals surface area contributed by atoms with Gasteiger partial charge in [-0.3, -0.25) is 9.69 Å². The van der Waals surface area contributed by atoms with Gasteiger partial charge in [-0.05, 0) is 29.8 Å². The molecule has 0 bridgehead atoms. The van der Waals surface area contributed by atoms with Crippen molar-refractivity contribution in [3.8, 4) is 16.6 Å². The summed E-state index contributed by atoms with van der Waals surface area (Å²) >= 11 is 7.35. The van der Waals surface area contributed by atoms with Crippen LogP contribution in [0, 0.1) is 17.1 Å². The van der Waals surface area contributed by atoms with Crippen LogP contribution in [0.5, 0.6) is 0 Å². The Morgan fingerprint density at radius 2 is 1.77 bits per heavy atom. The molecular formula is C22H18ClFN4OS. The van der Waals surface area contributed by atoms with Gasteiger partial charge in [0.05, 0.1) is 6.07 Å². The lowest BCUT2D eigenvalue weighted by Crippen LogP contribution is -2.49. The summed E-state index contributed by atoms with van der Waals surface area (Å²) in [4.78, 5) is 21.1. The second-order valence-electron chi connectivity index (χ2n) is 6.96. The fourth-order valence-corrected chi connectivity index (χ4v) is 4.38. The molecule has 0 radical (unpaired) electrons. The van der Waals surface area contributed by atoms with Crippen LogP contribution >= 0.6 is 22.9 Å². The first-order chi connectivity index (χ1) is 14.5. The molecular weight excluding hydrogens is 423 g/mol. The first-order valence-electron chi connectivity index (χ1n) is 9.45. The van der Waals surface area contributed by atoms with Gasteiger partial charge in [-0.1, -0.05) is 35.9 Å². The van der Waals surface area contributed by atoms with Crippen molar-refractivity contribution in [2.75, 3.05) is 26.2 Å². The summed E-state index contributed by atoms with van der Waals surface area (Å²) in [5.74, 6) is -0.437. The van der Waals surface area contributed by atoms with Crippen molar-refractivity contribution in [1.29, 1.82) is 5.26 Å². The Balaban J connectivity index is 1.40. The van der Waals surface area contributed by atoms with Crippen LogP contribution in [0.3, 0.4) is 0 Å². The number of carbonyl (C=O) groups is 1. The molecule has 1 amide bonds. The van der Waals surface area contributed by atoms with Gasteiger partial charge in [-0.2, -0.15) is 5.26 Å². The quantitative estimate of drug-likeness (QED) is 0.593. The standard InChI is InChI=1S/C22H18ClFN4OS/c23-17-5-1-16(2-6-17)21-26-19(14-30-21)22(29)28-11-9-27(10-12-28)20(13-25)15-3-7-18(24)8-4-15/h1-8,14,20H,9-12H2. The second kappa shape index (κ2) is 8.92. The van der Waals surface area contributed by atoms with Crippen LogP contribution in [-0.4, -0.2) is 46.9 Å². The number of nitrogens with zero attached hydrogens (tertiary/aromatic N) is 4. The molecule has 2 heterocycles. The van der Waals surface area contributed by atoms with Crippen molar-refractivity contribution in [1.82, 2.24) is 14.8 Å². The Hall–Kier alpha value is -2.79. The van der Waals surface area contributed by atoms with E-state index in [4.69, 9.17) is 11.6 Å². The van der Waals surface area contributed by atoms with Crippen molar-refractivity contribution >= 4 is 28.8 Å². The Labute approximate surface area is 182 Å². The molecule has 1 unspecified atom stereocenters.